The summed E-state index contributed by atoms with van der Waals surface area (Å²) in [4.78, 5) is 18.3. The molecule has 4 heterocycles. The van der Waals surface area contributed by atoms with E-state index < -0.39 is 0 Å². The van der Waals surface area contributed by atoms with Crippen LogP contribution in [0, 0.1) is 5.92 Å². The maximum absolute atomic E-state index is 4.75. The van der Waals surface area contributed by atoms with Crippen LogP contribution < -0.4 is 10.2 Å². The Morgan fingerprint density at radius 1 is 1.22 bits per heavy atom. The van der Waals surface area contributed by atoms with Crippen molar-refractivity contribution in [2.24, 2.45) is 5.92 Å². The van der Waals surface area contributed by atoms with E-state index in [4.69, 9.17) is 9.97 Å². The molecule has 0 aliphatic carbocycles. The number of anilines is 2. The first-order chi connectivity index (χ1) is 15.5. The summed E-state index contributed by atoms with van der Waals surface area (Å²) in [6, 6.07) is 6.34. The zero-order valence-electron chi connectivity index (χ0n) is 19.1. The monoisotopic (exact) mass is 430 g/mol. The largest absolute Gasteiger partial charge is 0.372 e. The molecule has 2 aromatic rings. The average molecular weight is 431 g/mol. The summed E-state index contributed by atoms with van der Waals surface area (Å²) in [6.45, 7) is 17.2. The Labute approximate surface area is 191 Å². The van der Waals surface area contributed by atoms with Gasteiger partial charge in [0.15, 0.2) is 0 Å². The lowest BCUT2D eigenvalue weighted by atomic mass is 9.91. The number of hydrogen-bond acceptors (Lipinski definition) is 6. The Kier molecular flexibility index (Phi) is 6.88. The van der Waals surface area contributed by atoms with Crippen LogP contribution in [0.3, 0.4) is 0 Å². The molecule has 0 saturated carbocycles. The van der Waals surface area contributed by atoms with Crippen LogP contribution in [0.2, 0.25) is 0 Å². The van der Waals surface area contributed by atoms with Crippen molar-refractivity contribution in [3.8, 4) is 0 Å². The lowest BCUT2D eigenvalue weighted by molar-refractivity contribution is 0.231. The van der Waals surface area contributed by atoms with Crippen molar-refractivity contribution >= 4 is 11.8 Å². The quantitative estimate of drug-likeness (QED) is 0.587. The fraction of sp³-hybridized carbons (Fsp3) is 0.423. The van der Waals surface area contributed by atoms with Gasteiger partial charge in [0.2, 0.25) is 5.95 Å². The third kappa shape index (κ3) is 5.18. The van der Waals surface area contributed by atoms with E-state index in [2.05, 4.69) is 58.9 Å². The van der Waals surface area contributed by atoms with Crippen molar-refractivity contribution in [3.05, 3.63) is 79.1 Å². The van der Waals surface area contributed by atoms with Gasteiger partial charge >= 0.3 is 0 Å². The Balaban J connectivity index is 1.32. The Morgan fingerprint density at radius 2 is 2.03 bits per heavy atom. The van der Waals surface area contributed by atoms with Crippen molar-refractivity contribution in [1.29, 1.82) is 0 Å². The van der Waals surface area contributed by atoms with E-state index in [0.29, 0.717) is 11.9 Å². The molecule has 0 spiro atoms. The first-order valence-corrected chi connectivity index (χ1v) is 11.6. The van der Waals surface area contributed by atoms with Crippen molar-refractivity contribution in [2.75, 3.05) is 29.9 Å². The smallest absolute Gasteiger partial charge is 0.225 e. The molecule has 6 nitrogen and oxygen atoms in total. The summed E-state index contributed by atoms with van der Waals surface area (Å²) in [6.07, 6.45) is 11.2. The third-order valence-corrected chi connectivity index (χ3v) is 6.59. The lowest BCUT2D eigenvalue weighted by Crippen LogP contribution is -2.33. The summed E-state index contributed by atoms with van der Waals surface area (Å²) in [5, 5.41) is 3.42. The highest BCUT2D eigenvalue weighted by molar-refractivity contribution is 5.49. The molecule has 2 aromatic heterocycles. The summed E-state index contributed by atoms with van der Waals surface area (Å²) in [5.41, 5.74) is 4.45. The van der Waals surface area contributed by atoms with Gasteiger partial charge in [0, 0.05) is 49.1 Å². The molecule has 2 fully saturated rings. The van der Waals surface area contributed by atoms with Gasteiger partial charge < -0.3 is 15.1 Å². The summed E-state index contributed by atoms with van der Waals surface area (Å²) in [5.74, 6) is 2.22. The fourth-order valence-electron chi connectivity index (χ4n) is 4.52. The van der Waals surface area contributed by atoms with E-state index in [1.807, 2.05) is 18.3 Å². The molecule has 2 aliphatic rings. The number of piperidine rings is 1. The van der Waals surface area contributed by atoms with Gasteiger partial charge in [0.1, 0.15) is 5.82 Å². The lowest BCUT2D eigenvalue weighted by Gasteiger charge is -2.33. The first kappa shape index (κ1) is 22.1. The number of rotatable bonds is 8. The second-order valence-corrected chi connectivity index (χ2v) is 8.84. The van der Waals surface area contributed by atoms with E-state index in [9.17, 15) is 0 Å². The molecule has 2 saturated heterocycles. The van der Waals surface area contributed by atoms with Crippen LogP contribution in [-0.2, 0) is 6.42 Å². The second kappa shape index (κ2) is 9.98. The molecular formula is C26H34N6. The minimum atomic E-state index is 0.0711. The van der Waals surface area contributed by atoms with Crippen LogP contribution in [-0.4, -0.2) is 39.5 Å². The molecule has 1 atom stereocenters. The molecule has 0 bridgehead atoms. The molecule has 168 valence electrons. The molecule has 4 rings (SSSR count). The maximum atomic E-state index is 4.75. The van der Waals surface area contributed by atoms with Crippen LogP contribution in [0.5, 0.6) is 0 Å². The van der Waals surface area contributed by atoms with Crippen LogP contribution in [0.1, 0.15) is 49.9 Å². The maximum Gasteiger partial charge on any atom is 0.225 e. The molecule has 2 aliphatic heterocycles. The van der Waals surface area contributed by atoms with E-state index >= 15 is 0 Å². The third-order valence-electron chi connectivity index (χ3n) is 6.59. The number of nitrogens with zero attached hydrogens (tertiary/aromatic N) is 5. The van der Waals surface area contributed by atoms with Crippen LogP contribution >= 0.6 is 0 Å². The minimum Gasteiger partial charge on any atom is -0.372 e. The van der Waals surface area contributed by atoms with Crippen molar-refractivity contribution in [3.63, 3.8) is 0 Å². The molecular weight excluding hydrogens is 396 g/mol. The Hall–Kier alpha value is -3.15. The van der Waals surface area contributed by atoms with E-state index in [0.717, 1.165) is 67.4 Å². The topological polar surface area (TPSA) is 57.2 Å². The number of aromatic nitrogens is 3. The van der Waals surface area contributed by atoms with Crippen molar-refractivity contribution in [1.82, 2.24) is 19.9 Å². The highest BCUT2D eigenvalue weighted by Crippen LogP contribution is 2.27. The number of likely N-dealkylation sites (tertiary alicyclic amines) is 1. The zero-order valence-corrected chi connectivity index (χ0v) is 19.1. The van der Waals surface area contributed by atoms with Gasteiger partial charge in [-0.1, -0.05) is 25.8 Å². The number of pyridine rings is 1. The first-order valence-electron chi connectivity index (χ1n) is 11.6. The number of hydrogen-bond donors (Lipinski definition) is 1. The Morgan fingerprint density at radius 3 is 2.69 bits per heavy atom. The summed E-state index contributed by atoms with van der Waals surface area (Å²) in [7, 11) is 0. The molecule has 0 aromatic carbocycles. The van der Waals surface area contributed by atoms with E-state index in [-0.39, 0.29) is 6.04 Å². The highest BCUT2D eigenvalue weighted by atomic mass is 15.2. The Bertz CT molecular complexity index is 959. The SMILES string of the molecule is C=CC(=C)N1CCC(Cc2ccc(C(C)Nc3nccc(N4CCCC4=C)n3)cn2)CC1. The molecule has 6 heteroatoms. The van der Waals surface area contributed by atoms with Crippen LogP contribution in [0.25, 0.3) is 0 Å². The molecule has 32 heavy (non-hydrogen) atoms. The molecule has 0 radical (unpaired) electrons. The molecule has 1 unspecified atom stereocenters. The highest BCUT2D eigenvalue weighted by Gasteiger charge is 2.21. The van der Waals surface area contributed by atoms with Gasteiger partial charge in [-0.15, -0.1) is 0 Å². The van der Waals surface area contributed by atoms with Crippen LogP contribution in [0.15, 0.2) is 67.8 Å². The van der Waals surface area contributed by atoms with E-state index in [1.54, 1.807) is 6.20 Å². The average Bonchev–Trinajstić information content (AvgIpc) is 3.25. The van der Waals surface area contributed by atoms with Gasteiger partial charge in [-0.2, -0.15) is 4.98 Å². The predicted octanol–water partition coefficient (Wildman–Crippen LogP) is 5.11. The normalized spacial score (nSPS) is 18.0. The van der Waals surface area contributed by atoms with Gasteiger partial charge in [0.05, 0.1) is 6.04 Å². The minimum absolute atomic E-state index is 0.0711. The summed E-state index contributed by atoms with van der Waals surface area (Å²) >= 11 is 0. The molecule has 0 amide bonds. The van der Waals surface area contributed by atoms with Gasteiger partial charge in [0.25, 0.3) is 0 Å². The van der Waals surface area contributed by atoms with E-state index in [1.165, 1.54) is 12.8 Å². The fourth-order valence-corrected chi connectivity index (χ4v) is 4.52. The van der Waals surface area contributed by atoms with Gasteiger partial charge in [-0.25, -0.2) is 4.98 Å². The molecule has 1 N–H and O–H groups in total. The second-order valence-electron chi connectivity index (χ2n) is 8.84. The van der Waals surface area contributed by atoms with Gasteiger partial charge in [-0.05, 0) is 68.7 Å². The van der Waals surface area contributed by atoms with Crippen molar-refractivity contribution in [2.45, 2.75) is 45.1 Å². The standard InChI is InChI=1S/C26H34N6/c1-5-19(2)31-15-11-22(12-16-31)17-24-9-8-23(18-28-24)21(4)29-26-27-13-10-25(30-26)32-14-6-7-20(32)3/h5,8-10,13,18,21-22H,1-3,6-7,11-12,14-17H2,4H3,(H,27,29,30). The summed E-state index contributed by atoms with van der Waals surface area (Å²) < 4.78 is 0. The number of nitrogens with one attached hydrogen (secondary N) is 1. The zero-order chi connectivity index (χ0) is 22.5. The van der Waals surface area contributed by atoms with Crippen molar-refractivity contribution < 1.29 is 0 Å². The number of allylic oxidation sites excluding steroid dienone is 2. The van der Waals surface area contributed by atoms with Crippen LogP contribution in [0.4, 0.5) is 11.8 Å². The van der Waals surface area contributed by atoms with Gasteiger partial charge in [-0.3, -0.25) is 4.98 Å². The predicted molar refractivity (Wildman–Crippen MR) is 131 cm³/mol.